The summed E-state index contributed by atoms with van der Waals surface area (Å²) in [5.74, 6) is 0. The first-order chi connectivity index (χ1) is 5.46. The third-order valence-corrected chi connectivity index (χ3v) is 2.65. The van der Waals surface area contributed by atoms with E-state index in [2.05, 4.69) is 58.7 Å². The molecule has 0 saturated carbocycles. The fourth-order valence-electron chi connectivity index (χ4n) is 1.20. The molecule has 0 aromatic rings. The molecule has 0 bridgehead atoms. The molecule has 3 heteroatoms. The Balaban J connectivity index is 0.00000144. The van der Waals surface area contributed by atoms with Crippen LogP contribution in [0, 0.1) is 6.67 Å². The zero-order valence-corrected chi connectivity index (χ0v) is 11.2. The molecule has 1 unspecified atom stereocenters. The predicted molar refractivity (Wildman–Crippen MR) is 51.7 cm³/mol. The molecule has 0 aromatic heterocycles. The molecule has 1 atom stereocenters. The molecule has 0 saturated heterocycles. The van der Waals surface area contributed by atoms with E-state index >= 15 is 0 Å². The van der Waals surface area contributed by atoms with Crippen LogP contribution in [-0.4, -0.2) is 28.5 Å². The SMILES string of the molecule is CC(C)N1C=C[N+](C)(C(C)C)[CH-]1.[Au+]. The Morgan fingerprint density at radius 1 is 1.23 bits per heavy atom. The van der Waals surface area contributed by atoms with Gasteiger partial charge in [-0.15, -0.1) is 0 Å². The van der Waals surface area contributed by atoms with Crippen LogP contribution in [0.15, 0.2) is 12.4 Å². The molecule has 0 N–H and O–H groups in total. The van der Waals surface area contributed by atoms with Crippen LogP contribution in [0.1, 0.15) is 27.7 Å². The van der Waals surface area contributed by atoms with Gasteiger partial charge in [0.2, 0.25) is 0 Å². The minimum absolute atomic E-state index is 0. The second-order valence-electron chi connectivity index (χ2n) is 4.27. The second kappa shape index (κ2) is 4.65. The average Bonchev–Trinajstić information content (AvgIpc) is 2.33. The maximum Gasteiger partial charge on any atom is 1.00 e. The van der Waals surface area contributed by atoms with Crippen molar-refractivity contribution < 1.29 is 26.9 Å². The van der Waals surface area contributed by atoms with Gasteiger partial charge in [0, 0.05) is 13.2 Å². The Kier molecular flexibility index (Phi) is 4.73. The second-order valence-corrected chi connectivity index (χ2v) is 4.27. The van der Waals surface area contributed by atoms with Crippen molar-refractivity contribution >= 4 is 0 Å². The first kappa shape index (κ1) is 13.2. The van der Waals surface area contributed by atoms with Gasteiger partial charge < -0.3 is 9.38 Å². The monoisotopic (exact) mass is 365 g/mol. The topological polar surface area (TPSA) is 3.24 Å². The summed E-state index contributed by atoms with van der Waals surface area (Å²) in [7, 11) is 2.23. The largest absolute Gasteiger partial charge is 1.00 e. The third kappa shape index (κ3) is 2.85. The number of rotatable bonds is 2. The van der Waals surface area contributed by atoms with Crippen LogP contribution in [0.2, 0.25) is 0 Å². The van der Waals surface area contributed by atoms with Crippen LogP contribution in [-0.2, 0) is 22.4 Å². The van der Waals surface area contributed by atoms with Gasteiger partial charge in [-0.05, 0) is 40.4 Å². The quantitative estimate of drug-likeness (QED) is 0.412. The van der Waals surface area contributed by atoms with Gasteiger partial charge in [0.15, 0.2) is 0 Å². The van der Waals surface area contributed by atoms with Crippen molar-refractivity contribution in [2.45, 2.75) is 39.8 Å². The van der Waals surface area contributed by atoms with E-state index in [-0.39, 0.29) is 22.4 Å². The molecule has 0 fully saturated rings. The van der Waals surface area contributed by atoms with Crippen LogP contribution >= 0.6 is 0 Å². The molecule has 0 amide bonds. The Labute approximate surface area is 97.7 Å². The first-order valence-electron chi connectivity index (χ1n) is 4.64. The Morgan fingerprint density at radius 3 is 2.00 bits per heavy atom. The third-order valence-electron chi connectivity index (χ3n) is 2.65. The summed E-state index contributed by atoms with van der Waals surface area (Å²) in [5.41, 5.74) is 0. The van der Waals surface area contributed by atoms with Gasteiger partial charge in [-0.1, -0.05) is 0 Å². The maximum atomic E-state index is 2.27. The van der Waals surface area contributed by atoms with Crippen molar-refractivity contribution in [3.63, 3.8) is 0 Å². The Morgan fingerprint density at radius 2 is 1.77 bits per heavy atom. The average molecular weight is 365 g/mol. The summed E-state index contributed by atoms with van der Waals surface area (Å²) in [5, 5.41) is 0. The van der Waals surface area contributed by atoms with Crippen LogP contribution in [0.4, 0.5) is 0 Å². The van der Waals surface area contributed by atoms with Gasteiger partial charge in [0.05, 0.1) is 12.2 Å². The van der Waals surface area contributed by atoms with Gasteiger partial charge in [-0.3, -0.25) is 0 Å². The van der Waals surface area contributed by atoms with Crippen molar-refractivity contribution in [1.29, 1.82) is 0 Å². The Hall–Kier alpha value is 0.240. The Bertz CT molecular complexity index is 189. The molecule has 0 aromatic carbocycles. The molecule has 1 aliphatic rings. The van der Waals surface area contributed by atoms with E-state index in [0.717, 1.165) is 4.48 Å². The fourth-order valence-corrected chi connectivity index (χ4v) is 1.20. The van der Waals surface area contributed by atoms with Crippen molar-refractivity contribution in [2.24, 2.45) is 0 Å². The maximum absolute atomic E-state index is 2.27. The molecule has 0 spiro atoms. The first-order valence-corrected chi connectivity index (χ1v) is 4.64. The molecular weight excluding hydrogens is 345 g/mol. The van der Waals surface area contributed by atoms with Crippen LogP contribution in [0.25, 0.3) is 0 Å². The molecule has 1 rings (SSSR count). The minimum atomic E-state index is 0. The van der Waals surface area contributed by atoms with Gasteiger partial charge in [-0.25, -0.2) is 0 Å². The molecule has 80 valence electrons. The summed E-state index contributed by atoms with van der Waals surface area (Å²) >= 11 is 0. The van der Waals surface area contributed by atoms with Crippen molar-refractivity contribution in [3.05, 3.63) is 19.1 Å². The van der Waals surface area contributed by atoms with Gasteiger partial charge in [-0.2, -0.15) is 0 Å². The predicted octanol–water partition coefficient (Wildman–Crippen LogP) is 2.15. The standard InChI is InChI=1S/C10H20N2.Au/c1-9(2)11-6-7-12(5,8-11)10(3)4;/h6-10H,1-5H3;/q;+1. The number of hydrogen-bond acceptors (Lipinski definition) is 1. The molecule has 1 heterocycles. The molecule has 13 heavy (non-hydrogen) atoms. The van der Waals surface area contributed by atoms with E-state index in [4.69, 9.17) is 0 Å². The fraction of sp³-hybridized carbons (Fsp3) is 0.700. The summed E-state index contributed by atoms with van der Waals surface area (Å²) < 4.78 is 0.915. The summed E-state index contributed by atoms with van der Waals surface area (Å²) in [6.07, 6.45) is 4.41. The summed E-state index contributed by atoms with van der Waals surface area (Å²) in [4.78, 5) is 2.26. The van der Waals surface area contributed by atoms with E-state index in [1.165, 1.54) is 0 Å². The van der Waals surface area contributed by atoms with Crippen molar-refractivity contribution in [2.75, 3.05) is 7.05 Å². The molecule has 0 aliphatic carbocycles. The molecule has 1 aliphatic heterocycles. The number of quaternary nitrogens is 1. The van der Waals surface area contributed by atoms with Gasteiger partial charge >= 0.3 is 22.4 Å². The van der Waals surface area contributed by atoms with Crippen LogP contribution in [0.5, 0.6) is 0 Å². The van der Waals surface area contributed by atoms with E-state index in [9.17, 15) is 0 Å². The molecule has 0 radical (unpaired) electrons. The number of hydrogen-bond donors (Lipinski definition) is 0. The zero-order chi connectivity index (χ0) is 9.35. The minimum Gasteiger partial charge on any atom is -0.469 e. The van der Waals surface area contributed by atoms with Crippen molar-refractivity contribution in [3.8, 4) is 0 Å². The zero-order valence-electron chi connectivity index (χ0n) is 9.08. The van der Waals surface area contributed by atoms with E-state index in [1.54, 1.807) is 0 Å². The summed E-state index contributed by atoms with van der Waals surface area (Å²) in [6, 6.07) is 1.19. The van der Waals surface area contributed by atoms with E-state index < -0.39 is 0 Å². The normalized spacial score (nSPS) is 27.2. The molecule has 2 nitrogen and oxygen atoms in total. The van der Waals surface area contributed by atoms with Crippen LogP contribution < -0.4 is 0 Å². The van der Waals surface area contributed by atoms with E-state index in [1.807, 2.05) is 0 Å². The van der Waals surface area contributed by atoms with Crippen molar-refractivity contribution in [1.82, 2.24) is 4.90 Å². The van der Waals surface area contributed by atoms with Crippen LogP contribution in [0.3, 0.4) is 0 Å². The van der Waals surface area contributed by atoms with Gasteiger partial charge in [0.25, 0.3) is 0 Å². The smallest absolute Gasteiger partial charge is 0.469 e. The number of nitrogens with zero attached hydrogens (tertiary/aromatic N) is 2. The summed E-state index contributed by atoms with van der Waals surface area (Å²) in [6.45, 7) is 11.2. The van der Waals surface area contributed by atoms with E-state index in [0.29, 0.717) is 12.1 Å². The molecular formula is C10H20AuN2+. The van der Waals surface area contributed by atoms with Gasteiger partial charge in [0.1, 0.15) is 0 Å².